The maximum absolute atomic E-state index is 5.21. The number of ether oxygens (including phenoxy) is 1. The smallest absolute Gasteiger partial charge is 0.175 e. The summed E-state index contributed by atoms with van der Waals surface area (Å²) < 4.78 is 5.21. The largest absolute Gasteiger partial charge is 0.497 e. The van der Waals surface area contributed by atoms with Gasteiger partial charge in [0.05, 0.1) is 13.2 Å². The van der Waals surface area contributed by atoms with E-state index in [1.165, 1.54) is 24.8 Å². The van der Waals surface area contributed by atoms with Crippen molar-refractivity contribution in [1.82, 2.24) is 5.32 Å². The highest BCUT2D eigenvalue weighted by Gasteiger charge is 2.37. The molecule has 1 aromatic carbocycles. The number of amidine groups is 1. The minimum Gasteiger partial charge on any atom is -0.497 e. The third-order valence-corrected chi connectivity index (χ3v) is 6.42. The molecule has 1 fully saturated rings. The van der Waals surface area contributed by atoms with E-state index in [9.17, 15) is 0 Å². The summed E-state index contributed by atoms with van der Waals surface area (Å²) in [6.45, 7) is 9.16. The molecule has 2 N–H and O–H groups in total. The number of hydrogen-bond acceptors (Lipinski definition) is 4. The van der Waals surface area contributed by atoms with Crippen molar-refractivity contribution in [3.05, 3.63) is 29.8 Å². The Hall–Kier alpha value is -1.20. The van der Waals surface area contributed by atoms with Gasteiger partial charge in [0.1, 0.15) is 5.75 Å². The molecule has 2 aliphatic rings. The summed E-state index contributed by atoms with van der Waals surface area (Å²) in [5.41, 5.74) is 1.77. The summed E-state index contributed by atoms with van der Waals surface area (Å²) in [6, 6.07) is 9.02. The van der Waals surface area contributed by atoms with Crippen LogP contribution in [-0.4, -0.2) is 31.7 Å². The lowest BCUT2D eigenvalue weighted by Crippen LogP contribution is -3.18. The SMILES string of the molecule is COc1ccc(CSC2=NC[NH+]([C@@H]3C[C@@H](C)CC(C)(C)C3)CN2)cc1. The van der Waals surface area contributed by atoms with Crippen LogP contribution in [-0.2, 0) is 5.75 Å². The van der Waals surface area contributed by atoms with Crippen molar-refractivity contribution >= 4 is 16.9 Å². The quantitative estimate of drug-likeness (QED) is 0.865. The number of benzene rings is 1. The van der Waals surface area contributed by atoms with E-state index < -0.39 is 0 Å². The summed E-state index contributed by atoms with van der Waals surface area (Å²) in [4.78, 5) is 6.42. The van der Waals surface area contributed by atoms with Gasteiger partial charge < -0.3 is 10.1 Å². The average molecular weight is 363 g/mol. The van der Waals surface area contributed by atoms with Gasteiger partial charge >= 0.3 is 0 Å². The number of aliphatic imine (C=N–C) groups is 1. The molecule has 0 bridgehead atoms. The first-order chi connectivity index (χ1) is 11.9. The maximum Gasteiger partial charge on any atom is 0.175 e. The van der Waals surface area contributed by atoms with Crippen LogP contribution in [0.15, 0.2) is 29.3 Å². The molecular formula is C20H32N3OS+. The molecule has 0 aromatic heterocycles. The number of nitrogens with zero attached hydrogens (tertiary/aromatic N) is 1. The van der Waals surface area contributed by atoms with Gasteiger partial charge in [-0.3, -0.25) is 4.90 Å². The lowest BCUT2D eigenvalue weighted by atomic mass is 9.70. The standard InChI is InChI=1S/C20H31N3OS/c1-15-9-17(11-20(2,3)10-15)23-13-21-19(22-14-23)25-12-16-5-7-18(24-4)8-6-16/h5-8,15,17H,9-14H2,1-4H3,(H,21,22)/p+1/t15-,17-/m1/s1. The third-order valence-electron chi connectivity index (χ3n) is 5.39. The second kappa shape index (κ2) is 8.00. The van der Waals surface area contributed by atoms with Crippen molar-refractivity contribution in [2.75, 3.05) is 20.4 Å². The van der Waals surface area contributed by atoms with E-state index in [4.69, 9.17) is 9.73 Å². The topological polar surface area (TPSA) is 38.1 Å². The Labute approximate surface area is 156 Å². The maximum atomic E-state index is 5.21. The number of hydrogen-bond donors (Lipinski definition) is 2. The second-order valence-corrected chi connectivity index (χ2v) is 9.34. The Bertz CT molecular complexity index is 599. The normalized spacial score (nSPS) is 28.8. The summed E-state index contributed by atoms with van der Waals surface area (Å²) in [6.07, 6.45) is 4.01. The fourth-order valence-electron chi connectivity index (χ4n) is 4.37. The zero-order chi connectivity index (χ0) is 17.9. The fourth-order valence-corrected chi connectivity index (χ4v) is 5.20. The van der Waals surface area contributed by atoms with Crippen LogP contribution >= 0.6 is 11.8 Å². The number of quaternary nitrogens is 1. The molecule has 1 heterocycles. The number of thioether (sulfide) groups is 1. The number of methoxy groups -OCH3 is 1. The first-order valence-electron chi connectivity index (χ1n) is 9.34. The van der Waals surface area contributed by atoms with E-state index in [2.05, 4.69) is 38.2 Å². The van der Waals surface area contributed by atoms with Crippen molar-refractivity contribution in [3.63, 3.8) is 0 Å². The molecule has 138 valence electrons. The van der Waals surface area contributed by atoms with Gasteiger partial charge in [0.15, 0.2) is 18.5 Å². The first kappa shape index (κ1) is 18.6. The Morgan fingerprint density at radius 3 is 2.64 bits per heavy atom. The second-order valence-electron chi connectivity index (χ2n) is 8.38. The average Bonchev–Trinajstić information content (AvgIpc) is 2.59. The van der Waals surface area contributed by atoms with E-state index in [0.717, 1.165) is 42.0 Å². The molecule has 3 rings (SSSR count). The van der Waals surface area contributed by atoms with Crippen LogP contribution in [0, 0.1) is 11.3 Å². The fraction of sp³-hybridized carbons (Fsp3) is 0.650. The van der Waals surface area contributed by atoms with E-state index in [0.29, 0.717) is 5.41 Å². The van der Waals surface area contributed by atoms with Crippen LogP contribution < -0.4 is 15.0 Å². The minimum absolute atomic E-state index is 0.475. The summed E-state index contributed by atoms with van der Waals surface area (Å²) in [5, 5.41) is 4.64. The summed E-state index contributed by atoms with van der Waals surface area (Å²) >= 11 is 1.80. The van der Waals surface area contributed by atoms with Crippen molar-refractivity contribution in [3.8, 4) is 5.75 Å². The van der Waals surface area contributed by atoms with Crippen LogP contribution in [0.3, 0.4) is 0 Å². The van der Waals surface area contributed by atoms with Crippen LogP contribution in [0.2, 0.25) is 0 Å². The van der Waals surface area contributed by atoms with Gasteiger partial charge in [0.25, 0.3) is 0 Å². The molecule has 5 heteroatoms. The minimum atomic E-state index is 0.475. The van der Waals surface area contributed by atoms with Gasteiger partial charge in [-0.2, -0.15) is 0 Å². The Morgan fingerprint density at radius 1 is 1.28 bits per heavy atom. The van der Waals surface area contributed by atoms with E-state index in [-0.39, 0.29) is 0 Å². The lowest BCUT2D eigenvalue weighted by molar-refractivity contribution is -0.930. The molecule has 1 aromatic rings. The van der Waals surface area contributed by atoms with Crippen LogP contribution in [0.4, 0.5) is 0 Å². The molecule has 4 nitrogen and oxygen atoms in total. The highest BCUT2D eigenvalue weighted by Crippen LogP contribution is 2.37. The molecule has 0 spiro atoms. The summed E-state index contributed by atoms with van der Waals surface area (Å²) in [5.74, 6) is 2.68. The molecule has 1 unspecified atom stereocenters. The number of rotatable bonds is 4. The van der Waals surface area contributed by atoms with E-state index in [1.807, 2.05) is 12.1 Å². The predicted molar refractivity (Wildman–Crippen MR) is 106 cm³/mol. The van der Waals surface area contributed by atoms with Gasteiger partial charge in [-0.05, 0) is 35.4 Å². The molecule has 1 aliphatic carbocycles. The molecule has 0 amide bonds. The zero-order valence-corrected chi connectivity index (χ0v) is 16.8. The molecule has 0 saturated heterocycles. The van der Waals surface area contributed by atoms with Crippen LogP contribution in [0.5, 0.6) is 5.75 Å². The van der Waals surface area contributed by atoms with Gasteiger partial charge in [-0.1, -0.05) is 44.7 Å². The van der Waals surface area contributed by atoms with Gasteiger partial charge in [-0.25, -0.2) is 4.99 Å². The highest BCUT2D eigenvalue weighted by atomic mass is 32.2. The summed E-state index contributed by atoms with van der Waals surface area (Å²) in [7, 11) is 1.70. The molecular weight excluding hydrogens is 330 g/mol. The molecule has 3 atom stereocenters. The molecule has 0 radical (unpaired) electrons. The third kappa shape index (κ3) is 5.14. The highest BCUT2D eigenvalue weighted by molar-refractivity contribution is 8.13. The molecule has 1 aliphatic heterocycles. The van der Waals surface area contributed by atoms with Crippen molar-refractivity contribution in [1.29, 1.82) is 0 Å². The van der Waals surface area contributed by atoms with Crippen molar-refractivity contribution in [2.45, 2.75) is 51.8 Å². The monoisotopic (exact) mass is 362 g/mol. The van der Waals surface area contributed by atoms with Gasteiger partial charge in [0, 0.05) is 18.6 Å². The van der Waals surface area contributed by atoms with Gasteiger partial charge in [0.2, 0.25) is 0 Å². The zero-order valence-electron chi connectivity index (χ0n) is 16.0. The number of nitrogens with one attached hydrogen (secondary N) is 2. The Balaban J connectivity index is 1.50. The first-order valence-corrected chi connectivity index (χ1v) is 10.3. The Morgan fingerprint density at radius 2 is 2.04 bits per heavy atom. The predicted octanol–water partition coefficient (Wildman–Crippen LogP) is 2.90. The van der Waals surface area contributed by atoms with Crippen LogP contribution in [0.25, 0.3) is 0 Å². The van der Waals surface area contributed by atoms with E-state index in [1.54, 1.807) is 23.8 Å². The van der Waals surface area contributed by atoms with E-state index >= 15 is 0 Å². The molecule has 25 heavy (non-hydrogen) atoms. The van der Waals surface area contributed by atoms with Crippen LogP contribution in [0.1, 0.15) is 45.6 Å². The lowest BCUT2D eigenvalue weighted by Gasteiger charge is -2.42. The van der Waals surface area contributed by atoms with Gasteiger partial charge in [-0.15, -0.1) is 0 Å². The molecule has 1 saturated carbocycles. The Kier molecular flexibility index (Phi) is 5.95. The van der Waals surface area contributed by atoms with Crippen molar-refractivity contribution in [2.24, 2.45) is 16.3 Å². The van der Waals surface area contributed by atoms with Crippen molar-refractivity contribution < 1.29 is 9.64 Å².